The van der Waals surface area contributed by atoms with Gasteiger partial charge in [0.2, 0.25) is 11.8 Å². The Hall–Kier alpha value is -3.09. The molecule has 0 aliphatic rings. The van der Waals surface area contributed by atoms with Crippen LogP contribution >= 0.6 is 0 Å². The molecule has 0 fully saturated rings. The number of carbonyl (C=O) groups excluding carboxylic acids is 2. The van der Waals surface area contributed by atoms with E-state index in [0.29, 0.717) is 44.0 Å². The number of aryl methyl sites for hydroxylation is 1. The van der Waals surface area contributed by atoms with E-state index in [1.165, 1.54) is 6.92 Å². The molecule has 0 spiro atoms. The molecule has 0 saturated carbocycles. The van der Waals surface area contributed by atoms with Crippen LogP contribution in [-0.2, 0) is 22.6 Å². The first kappa shape index (κ1) is 21.2. The molecule has 28 heavy (non-hydrogen) atoms. The van der Waals surface area contributed by atoms with Gasteiger partial charge in [-0.15, -0.1) is 0 Å². The third-order valence-electron chi connectivity index (χ3n) is 4.33. The van der Waals surface area contributed by atoms with Crippen LogP contribution in [0.4, 0.5) is 0 Å². The van der Waals surface area contributed by atoms with Gasteiger partial charge < -0.3 is 19.7 Å². The number of hydrogen-bond acceptors (Lipinski definition) is 5. The Morgan fingerprint density at radius 3 is 2.54 bits per heavy atom. The molecule has 0 saturated heterocycles. The smallest absolute Gasteiger partial charge is 0.220 e. The van der Waals surface area contributed by atoms with Gasteiger partial charge >= 0.3 is 0 Å². The first-order valence-corrected chi connectivity index (χ1v) is 9.15. The standard InChI is InChI=1S/C21H27N3O4/c1-16(25)24(15-18-5-4-10-22-14-18)12-11-23-21(26)9-7-17-6-8-19(27-2)20(13-17)28-3/h4-6,8,10,13-14H,7,9,11-12,15H2,1-3H3,(H,23,26). The average molecular weight is 385 g/mol. The number of nitrogens with zero attached hydrogens (tertiary/aromatic N) is 2. The minimum atomic E-state index is -0.0559. The van der Waals surface area contributed by atoms with Gasteiger partial charge in [-0.2, -0.15) is 0 Å². The Labute approximate surface area is 165 Å². The maximum atomic E-state index is 12.1. The Morgan fingerprint density at radius 1 is 1.11 bits per heavy atom. The van der Waals surface area contributed by atoms with Gasteiger partial charge in [-0.3, -0.25) is 14.6 Å². The molecule has 1 heterocycles. The van der Waals surface area contributed by atoms with E-state index in [1.54, 1.807) is 31.5 Å². The molecule has 0 aliphatic heterocycles. The number of methoxy groups -OCH3 is 2. The van der Waals surface area contributed by atoms with E-state index < -0.39 is 0 Å². The Morgan fingerprint density at radius 2 is 1.89 bits per heavy atom. The van der Waals surface area contributed by atoms with Crippen molar-refractivity contribution in [2.75, 3.05) is 27.3 Å². The molecule has 0 aliphatic carbocycles. The zero-order chi connectivity index (χ0) is 20.4. The summed E-state index contributed by atoms with van der Waals surface area (Å²) in [4.78, 5) is 29.7. The lowest BCUT2D eigenvalue weighted by atomic mass is 10.1. The van der Waals surface area contributed by atoms with Crippen LogP contribution in [0.25, 0.3) is 0 Å². The first-order chi connectivity index (χ1) is 13.5. The number of ether oxygens (including phenoxy) is 2. The van der Waals surface area contributed by atoms with E-state index in [9.17, 15) is 9.59 Å². The predicted octanol–water partition coefficient (Wildman–Crippen LogP) is 2.20. The van der Waals surface area contributed by atoms with Crippen molar-refractivity contribution in [3.63, 3.8) is 0 Å². The highest BCUT2D eigenvalue weighted by Gasteiger charge is 2.11. The number of hydrogen-bond donors (Lipinski definition) is 1. The van der Waals surface area contributed by atoms with Crippen molar-refractivity contribution in [1.29, 1.82) is 0 Å². The third-order valence-corrected chi connectivity index (χ3v) is 4.33. The van der Waals surface area contributed by atoms with Gasteiger partial charge in [0.15, 0.2) is 11.5 Å². The minimum Gasteiger partial charge on any atom is -0.493 e. The summed E-state index contributed by atoms with van der Waals surface area (Å²) < 4.78 is 10.5. The minimum absolute atomic E-state index is 0.0385. The normalized spacial score (nSPS) is 10.2. The second-order valence-corrected chi connectivity index (χ2v) is 6.34. The number of rotatable bonds is 10. The van der Waals surface area contributed by atoms with Crippen molar-refractivity contribution < 1.29 is 19.1 Å². The van der Waals surface area contributed by atoms with Crippen LogP contribution in [0.2, 0.25) is 0 Å². The molecule has 0 unspecified atom stereocenters. The summed E-state index contributed by atoms with van der Waals surface area (Å²) in [7, 11) is 3.17. The quantitative estimate of drug-likeness (QED) is 0.678. The van der Waals surface area contributed by atoms with Crippen LogP contribution in [-0.4, -0.2) is 49.0 Å². The van der Waals surface area contributed by atoms with Crippen LogP contribution in [0.1, 0.15) is 24.5 Å². The van der Waals surface area contributed by atoms with Crippen molar-refractivity contribution in [2.45, 2.75) is 26.3 Å². The zero-order valence-corrected chi connectivity index (χ0v) is 16.6. The van der Waals surface area contributed by atoms with E-state index in [4.69, 9.17) is 9.47 Å². The fraction of sp³-hybridized carbons (Fsp3) is 0.381. The molecule has 150 valence electrons. The number of nitrogens with one attached hydrogen (secondary N) is 1. The number of aromatic nitrogens is 1. The molecule has 7 nitrogen and oxygen atoms in total. The number of carbonyl (C=O) groups is 2. The second-order valence-electron chi connectivity index (χ2n) is 6.34. The fourth-order valence-corrected chi connectivity index (χ4v) is 2.77. The Kier molecular flexibility index (Phi) is 8.27. The van der Waals surface area contributed by atoms with E-state index in [-0.39, 0.29) is 11.8 Å². The summed E-state index contributed by atoms with van der Waals surface area (Å²) in [5.74, 6) is 1.21. The lowest BCUT2D eigenvalue weighted by Crippen LogP contribution is -2.37. The van der Waals surface area contributed by atoms with Gasteiger partial charge in [-0.25, -0.2) is 0 Å². The zero-order valence-electron chi connectivity index (χ0n) is 16.6. The van der Waals surface area contributed by atoms with Gasteiger partial charge in [0, 0.05) is 45.4 Å². The van der Waals surface area contributed by atoms with Gasteiger partial charge in [0.05, 0.1) is 14.2 Å². The summed E-state index contributed by atoms with van der Waals surface area (Å²) in [6.07, 6.45) is 4.38. The molecule has 1 aromatic carbocycles. The van der Waals surface area contributed by atoms with Crippen LogP contribution < -0.4 is 14.8 Å². The van der Waals surface area contributed by atoms with Gasteiger partial charge in [0.1, 0.15) is 0 Å². The lowest BCUT2D eigenvalue weighted by Gasteiger charge is -2.21. The average Bonchev–Trinajstić information content (AvgIpc) is 2.71. The van der Waals surface area contributed by atoms with Crippen molar-refractivity contribution >= 4 is 11.8 Å². The van der Waals surface area contributed by atoms with Crippen LogP contribution in [0.3, 0.4) is 0 Å². The predicted molar refractivity (Wildman–Crippen MR) is 106 cm³/mol. The highest BCUT2D eigenvalue weighted by Crippen LogP contribution is 2.27. The van der Waals surface area contributed by atoms with E-state index >= 15 is 0 Å². The molecule has 1 aromatic heterocycles. The van der Waals surface area contributed by atoms with E-state index in [1.807, 2.05) is 30.3 Å². The number of benzene rings is 1. The van der Waals surface area contributed by atoms with Crippen molar-refractivity contribution in [2.24, 2.45) is 0 Å². The summed E-state index contributed by atoms with van der Waals surface area (Å²) >= 11 is 0. The molecule has 7 heteroatoms. The van der Waals surface area contributed by atoms with E-state index in [2.05, 4.69) is 10.3 Å². The Bertz CT molecular complexity index is 780. The fourth-order valence-electron chi connectivity index (χ4n) is 2.77. The van der Waals surface area contributed by atoms with E-state index in [0.717, 1.165) is 11.1 Å². The molecule has 0 bridgehead atoms. The van der Waals surface area contributed by atoms with Gasteiger partial charge in [-0.05, 0) is 35.7 Å². The highest BCUT2D eigenvalue weighted by atomic mass is 16.5. The van der Waals surface area contributed by atoms with Crippen LogP contribution in [0, 0.1) is 0 Å². The van der Waals surface area contributed by atoms with Crippen molar-refractivity contribution in [1.82, 2.24) is 15.2 Å². The summed E-state index contributed by atoms with van der Waals surface area (Å²) in [5, 5.41) is 2.87. The monoisotopic (exact) mass is 385 g/mol. The third kappa shape index (κ3) is 6.57. The topological polar surface area (TPSA) is 80.8 Å². The summed E-state index contributed by atoms with van der Waals surface area (Å²) in [6.45, 7) is 2.86. The largest absolute Gasteiger partial charge is 0.493 e. The lowest BCUT2D eigenvalue weighted by molar-refractivity contribution is -0.130. The summed E-state index contributed by atoms with van der Waals surface area (Å²) in [5.41, 5.74) is 1.95. The molecule has 2 rings (SSSR count). The van der Waals surface area contributed by atoms with Gasteiger partial charge in [0.25, 0.3) is 0 Å². The van der Waals surface area contributed by atoms with Crippen LogP contribution in [0.5, 0.6) is 11.5 Å². The maximum absolute atomic E-state index is 12.1. The Balaban J connectivity index is 1.77. The first-order valence-electron chi connectivity index (χ1n) is 9.15. The SMILES string of the molecule is COc1ccc(CCC(=O)NCCN(Cc2cccnc2)C(C)=O)cc1OC. The van der Waals surface area contributed by atoms with Crippen molar-refractivity contribution in [3.8, 4) is 11.5 Å². The summed E-state index contributed by atoms with van der Waals surface area (Å²) in [6, 6.07) is 9.38. The molecule has 2 aromatic rings. The molecule has 1 N–H and O–H groups in total. The molecule has 2 amide bonds. The van der Waals surface area contributed by atoms with Gasteiger partial charge in [-0.1, -0.05) is 12.1 Å². The molecular formula is C21H27N3O4. The van der Waals surface area contributed by atoms with Crippen molar-refractivity contribution in [3.05, 3.63) is 53.9 Å². The number of pyridine rings is 1. The molecule has 0 atom stereocenters. The van der Waals surface area contributed by atoms with Crippen LogP contribution in [0.15, 0.2) is 42.7 Å². The number of amides is 2. The second kappa shape index (κ2) is 10.9. The highest BCUT2D eigenvalue weighted by molar-refractivity contribution is 5.76. The molecule has 0 radical (unpaired) electrons. The molecular weight excluding hydrogens is 358 g/mol. The maximum Gasteiger partial charge on any atom is 0.220 e.